The lowest BCUT2D eigenvalue weighted by Gasteiger charge is -2.45. The molecule has 0 radical (unpaired) electrons. The van der Waals surface area contributed by atoms with Gasteiger partial charge in [-0.2, -0.15) is 11.8 Å². The van der Waals surface area contributed by atoms with Crippen LogP contribution in [0.4, 0.5) is 0 Å². The highest BCUT2D eigenvalue weighted by Gasteiger charge is 2.43. The zero-order chi connectivity index (χ0) is 10.0. The van der Waals surface area contributed by atoms with Gasteiger partial charge in [0.05, 0.1) is 5.60 Å². The van der Waals surface area contributed by atoms with E-state index >= 15 is 0 Å². The van der Waals surface area contributed by atoms with Crippen LogP contribution in [-0.2, 0) is 4.74 Å². The summed E-state index contributed by atoms with van der Waals surface area (Å²) in [7, 11) is 0. The van der Waals surface area contributed by atoms with Crippen molar-refractivity contribution in [1.82, 2.24) is 0 Å². The molecular formula is C11H20O2S. The molecule has 2 unspecified atom stereocenters. The molecule has 0 saturated carbocycles. The van der Waals surface area contributed by atoms with E-state index in [1.807, 2.05) is 11.8 Å². The van der Waals surface area contributed by atoms with Gasteiger partial charge in [0, 0.05) is 18.5 Å². The maximum absolute atomic E-state index is 10.7. The van der Waals surface area contributed by atoms with Crippen molar-refractivity contribution in [3.05, 3.63) is 0 Å². The van der Waals surface area contributed by atoms with E-state index < -0.39 is 5.60 Å². The van der Waals surface area contributed by atoms with Crippen molar-refractivity contribution in [3.8, 4) is 0 Å². The first-order valence-electron chi connectivity index (χ1n) is 5.65. The Balaban J connectivity index is 2.03. The van der Waals surface area contributed by atoms with Crippen LogP contribution >= 0.6 is 11.8 Å². The van der Waals surface area contributed by atoms with E-state index in [0.717, 1.165) is 32.5 Å². The minimum atomic E-state index is -0.410. The standard InChI is InChI=1S/C11H20O2S/c1-9-11(12,5-2-8-14-9)10-3-6-13-7-4-10/h9-10,12H,2-8H2,1H3. The molecule has 2 atom stereocenters. The van der Waals surface area contributed by atoms with Crippen LogP contribution in [0.15, 0.2) is 0 Å². The zero-order valence-electron chi connectivity index (χ0n) is 8.87. The molecule has 0 aromatic carbocycles. The summed E-state index contributed by atoms with van der Waals surface area (Å²) in [5, 5.41) is 11.1. The van der Waals surface area contributed by atoms with E-state index in [-0.39, 0.29) is 0 Å². The summed E-state index contributed by atoms with van der Waals surface area (Å²) in [5.41, 5.74) is -0.410. The van der Waals surface area contributed by atoms with Crippen LogP contribution in [0.5, 0.6) is 0 Å². The largest absolute Gasteiger partial charge is 0.388 e. The van der Waals surface area contributed by atoms with Gasteiger partial charge < -0.3 is 9.84 Å². The summed E-state index contributed by atoms with van der Waals surface area (Å²) in [6, 6.07) is 0. The maximum Gasteiger partial charge on any atom is 0.0793 e. The van der Waals surface area contributed by atoms with Gasteiger partial charge in [0.2, 0.25) is 0 Å². The summed E-state index contributed by atoms with van der Waals surface area (Å²) in [6.07, 6.45) is 4.25. The number of thioether (sulfide) groups is 1. The average molecular weight is 216 g/mol. The van der Waals surface area contributed by atoms with Gasteiger partial charge in [0.15, 0.2) is 0 Å². The van der Waals surface area contributed by atoms with Gasteiger partial charge in [-0.25, -0.2) is 0 Å². The molecule has 2 rings (SSSR count). The summed E-state index contributed by atoms with van der Waals surface area (Å²) in [4.78, 5) is 0. The van der Waals surface area contributed by atoms with E-state index in [0.29, 0.717) is 11.2 Å². The Bertz CT molecular complexity index is 192. The molecule has 0 aromatic rings. The number of aliphatic hydroxyl groups is 1. The Kier molecular flexibility index (Phi) is 3.40. The van der Waals surface area contributed by atoms with Gasteiger partial charge >= 0.3 is 0 Å². The molecule has 82 valence electrons. The van der Waals surface area contributed by atoms with Gasteiger partial charge in [0.1, 0.15) is 0 Å². The molecule has 1 N–H and O–H groups in total. The average Bonchev–Trinajstić information content (AvgIpc) is 2.24. The highest BCUT2D eigenvalue weighted by Crippen LogP contribution is 2.42. The number of hydrogen-bond donors (Lipinski definition) is 1. The molecule has 0 spiro atoms. The van der Waals surface area contributed by atoms with E-state index in [4.69, 9.17) is 4.74 Å². The van der Waals surface area contributed by atoms with Crippen LogP contribution in [0.1, 0.15) is 32.6 Å². The summed E-state index contributed by atoms with van der Waals surface area (Å²) in [5.74, 6) is 1.69. The van der Waals surface area contributed by atoms with Crippen molar-refractivity contribution in [2.45, 2.75) is 43.5 Å². The minimum Gasteiger partial charge on any atom is -0.388 e. The minimum absolute atomic E-state index is 0.402. The normalized spacial score (nSPS) is 41.1. The van der Waals surface area contributed by atoms with E-state index in [1.54, 1.807) is 0 Å². The lowest BCUT2D eigenvalue weighted by Crippen LogP contribution is -2.50. The molecular weight excluding hydrogens is 196 g/mol. The lowest BCUT2D eigenvalue weighted by atomic mass is 9.77. The van der Waals surface area contributed by atoms with Crippen LogP contribution in [-0.4, -0.2) is 34.9 Å². The van der Waals surface area contributed by atoms with Gasteiger partial charge in [-0.3, -0.25) is 0 Å². The van der Waals surface area contributed by atoms with Crippen LogP contribution in [0, 0.1) is 5.92 Å². The van der Waals surface area contributed by atoms with Crippen molar-refractivity contribution in [2.75, 3.05) is 19.0 Å². The van der Waals surface area contributed by atoms with Gasteiger partial charge in [-0.15, -0.1) is 0 Å². The third-order valence-corrected chi connectivity index (χ3v) is 5.15. The summed E-state index contributed by atoms with van der Waals surface area (Å²) in [6.45, 7) is 3.86. The molecule has 2 aliphatic rings. The third kappa shape index (κ3) is 1.95. The van der Waals surface area contributed by atoms with Crippen molar-refractivity contribution < 1.29 is 9.84 Å². The van der Waals surface area contributed by atoms with Crippen molar-refractivity contribution in [2.24, 2.45) is 5.92 Å². The maximum atomic E-state index is 10.7. The fraction of sp³-hybridized carbons (Fsp3) is 1.00. The van der Waals surface area contributed by atoms with Crippen molar-refractivity contribution in [3.63, 3.8) is 0 Å². The van der Waals surface area contributed by atoms with Crippen LogP contribution in [0.25, 0.3) is 0 Å². The fourth-order valence-electron chi connectivity index (χ4n) is 2.70. The van der Waals surface area contributed by atoms with Gasteiger partial charge in [0.25, 0.3) is 0 Å². The van der Waals surface area contributed by atoms with Crippen LogP contribution < -0.4 is 0 Å². The number of hydrogen-bond acceptors (Lipinski definition) is 3. The highest BCUT2D eigenvalue weighted by atomic mass is 32.2. The van der Waals surface area contributed by atoms with Crippen molar-refractivity contribution in [1.29, 1.82) is 0 Å². The molecule has 2 saturated heterocycles. The smallest absolute Gasteiger partial charge is 0.0793 e. The zero-order valence-corrected chi connectivity index (χ0v) is 9.68. The number of ether oxygens (including phenoxy) is 1. The van der Waals surface area contributed by atoms with Crippen LogP contribution in [0.3, 0.4) is 0 Å². The lowest BCUT2D eigenvalue weighted by molar-refractivity contribution is -0.0711. The Labute approximate surface area is 90.4 Å². The summed E-state index contributed by atoms with van der Waals surface area (Å²) < 4.78 is 5.35. The molecule has 0 bridgehead atoms. The Morgan fingerprint density at radius 2 is 2.07 bits per heavy atom. The van der Waals surface area contributed by atoms with Gasteiger partial charge in [-0.05, 0) is 37.4 Å². The number of rotatable bonds is 1. The van der Waals surface area contributed by atoms with E-state index in [2.05, 4.69) is 6.92 Å². The SMILES string of the molecule is CC1SCCCC1(O)C1CCOCC1. The second-order valence-corrected chi connectivity index (χ2v) is 5.94. The molecule has 0 aromatic heterocycles. The predicted molar refractivity (Wildman–Crippen MR) is 59.6 cm³/mol. The molecule has 2 fully saturated rings. The molecule has 2 nitrogen and oxygen atoms in total. The fourth-order valence-corrected chi connectivity index (χ4v) is 3.96. The summed E-state index contributed by atoms with van der Waals surface area (Å²) >= 11 is 1.93. The first-order chi connectivity index (χ1) is 6.73. The Hall–Kier alpha value is 0.270. The Morgan fingerprint density at radius 3 is 2.71 bits per heavy atom. The third-order valence-electron chi connectivity index (χ3n) is 3.72. The topological polar surface area (TPSA) is 29.5 Å². The molecule has 14 heavy (non-hydrogen) atoms. The molecule has 2 heterocycles. The predicted octanol–water partition coefficient (Wildman–Crippen LogP) is 2.06. The van der Waals surface area contributed by atoms with E-state index in [1.165, 1.54) is 12.2 Å². The van der Waals surface area contributed by atoms with E-state index in [9.17, 15) is 5.11 Å². The molecule has 2 aliphatic heterocycles. The first-order valence-corrected chi connectivity index (χ1v) is 6.70. The molecule has 0 amide bonds. The van der Waals surface area contributed by atoms with Crippen molar-refractivity contribution >= 4 is 11.8 Å². The van der Waals surface area contributed by atoms with Gasteiger partial charge in [-0.1, -0.05) is 6.92 Å². The second-order valence-electron chi connectivity index (χ2n) is 4.49. The molecule has 3 heteroatoms. The molecule has 0 aliphatic carbocycles. The highest BCUT2D eigenvalue weighted by molar-refractivity contribution is 8.00. The quantitative estimate of drug-likeness (QED) is 0.727. The second kappa shape index (κ2) is 4.42. The first kappa shape index (κ1) is 10.8. The Morgan fingerprint density at radius 1 is 1.36 bits per heavy atom. The van der Waals surface area contributed by atoms with Crippen LogP contribution in [0.2, 0.25) is 0 Å². The monoisotopic (exact) mass is 216 g/mol.